The molecule has 0 bridgehead atoms. The Labute approximate surface area is 139 Å². The van der Waals surface area contributed by atoms with Crippen LogP contribution in [0.1, 0.15) is 16.1 Å². The standard InChI is InChI=1S/C18H16N4O2/c23-18-15-12-17(24-13-14-6-2-1-3-7-14)20-22(15)11-10-21(18)16-8-4-5-9-19-16/h1-9,12H,10-11,13H2. The third-order valence-corrected chi connectivity index (χ3v) is 3.91. The second kappa shape index (κ2) is 6.16. The molecule has 3 aromatic rings. The molecule has 6 nitrogen and oxygen atoms in total. The Morgan fingerprint density at radius 2 is 1.88 bits per heavy atom. The second-order valence-corrected chi connectivity index (χ2v) is 5.51. The fourth-order valence-electron chi connectivity index (χ4n) is 2.70. The predicted molar refractivity (Wildman–Crippen MR) is 88.9 cm³/mol. The summed E-state index contributed by atoms with van der Waals surface area (Å²) in [5.41, 5.74) is 1.58. The van der Waals surface area contributed by atoms with Crippen LogP contribution in [0.2, 0.25) is 0 Å². The van der Waals surface area contributed by atoms with Crippen molar-refractivity contribution in [1.29, 1.82) is 0 Å². The summed E-state index contributed by atoms with van der Waals surface area (Å²) in [6, 6.07) is 17.1. The van der Waals surface area contributed by atoms with Crippen LogP contribution in [0.15, 0.2) is 60.8 Å². The average molecular weight is 320 g/mol. The average Bonchev–Trinajstić information content (AvgIpc) is 3.06. The lowest BCUT2D eigenvalue weighted by Gasteiger charge is -2.26. The zero-order valence-corrected chi connectivity index (χ0v) is 13.0. The smallest absolute Gasteiger partial charge is 0.277 e. The minimum absolute atomic E-state index is 0.109. The van der Waals surface area contributed by atoms with Crippen LogP contribution in [-0.4, -0.2) is 27.2 Å². The first-order chi connectivity index (χ1) is 11.8. The third-order valence-electron chi connectivity index (χ3n) is 3.91. The molecule has 6 heteroatoms. The molecule has 0 saturated heterocycles. The number of hydrogen-bond donors (Lipinski definition) is 0. The van der Waals surface area contributed by atoms with Crippen LogP contribution < -0.4 is 9.64 Å². The second-order valence-electron chi connectivity index (χ2n) is 5.51. The predicted octanol–water partition coefficient (Wildman–Crippen LogP) is 2.52. The normalized spacial score (nSPS) is 13.7. The molecule has 24 heavy (non-hydrogen) atoms. The summed E-state index contributed by atoms with van der Waals surface area (Å²) in [6.07, 6.45) is 1.68. The van der Waals surface area contributed by atoms with E-state index in [-0.39, 0.29) is 5.91 Å². The van der Waals surface area contributed by atoms with Crippen molar-refractivity contribution < 1.29 is 9.53 Å². The molecule has 0 fully saturated rings. The van der Waals surface area contributed by atoms with Crippen molar-refractivity contribution in [2.75, 3.05) is 11.4 Å². The van der Waals surface area contributed by atoms with E-state index in [2.05, 4.69) is 10.1 Å². The fraction of sp³-hybridized carbons (Fsp3) is 0.167. The topological polar surface area (TPSA) is 60.2 Å². The molecular weight excluding hydrogens is 304 g/mol. The molecule has 0 aliphatic carbocycles. The summed E-state index contributed by atoms with van der Waals surface area (Å²) >= 11 is 0. The van der Waals surface area contributed by atoms with Crippen molar-refractivity contribution in [1.82, 2.24) is 14.8 Å². The van der Waals surface area contributed by atoms with Crippen LogP contribution in [0.4, 0.5) is 5.82 Å². The lowest BCUT2D eigenvalue weighted by molar-refractivity contribution is 0.0961. The van der Waals surface area contributed by atoms with E-state index in [0.717, 1.165) is 5.56 Å². The van der Waals surface area contributed by atoms with Gasteiger partial charge in [0.1, 0.15) is 18.1 Å². The summed E-state index contributed by atoms with van der Waals surface area (Å²) in [7, 11) is 0. The van der Waals surface area contributed by atoms with E-state index in [9.17, 15) is 4.79 Å². The maximum atomic E-state index is 12.7. The number of pyridine rings is 1. The summed E-state index contributed by atoms with van der Waals surface area (Å²) < 4.78 is 7.41. The lowest BCUT2D eigenvalue weighted by Crippen LogP contribution is -2.40. The lowest BCUT2D eigenvalue weighted by atomic mass is 10.2. The molecule has 120 valence electrons. The molecule has 0 spiro atoms. The molecule has 4 rings (SSSR count). The van der Waals surface area contributed by atoms with Crippen molar-refractivity contribution in [3.63, 3.8) is 0 Å². The van der Waals surface area contributed by atoms with E-state index in [1.54, 1.807) is 21.8 Å². The number of benzene rings is 1. The van der Waals surface area contributed by atoms with E-state index < -0.39 is 0 Å². The van der Waals surface area contributed by atoms with Crippen LogP contribution in [0.3, 0.4) is 0 Å². The highest BCUT2D eigenvalue weighted by molar-refractivity contribution is 6.05. The minimum atomic E-state index is -0.109. The number of rotatable bonds is 4. The Kier molecular flexibility index (Phi) is 3.70. The van der Waals surface area contributed by atoms with E-state index in [1.165, 1.54) is 0 Å². The molecule has 0 unspecified atom stereocenters. The number of ether oxygens (including phenoxy) is 1. The van der Waals surface area contributed by atoms with Gasteiger partial charge in [0.25, 0.3) is 5.91 Å². The van der Waals surface area contributed by atoms with Gasteiger partial charge in [-0.15, -0.1) is 5.10 Å². The van der Waals surface area contributed by atoms with Gasteiger partial charge in [0.15, 0.2) is 0 Å². The first-order valence-electron chi connectivity index (χ1n) is 7.79. The van der Waals surface area contributed by atoms with E-state index in [0.29, 0.717) is 37.1 Å². The van der Waals surface area contributed by atoms with Gasteiger partial charge in [0.2, 0.25) is 5.88 Å². The molecule has 0 atom stereocenters. The highest BCUT2D eigenvalue weighted by Crippen LogP contribution is 2.22. The monoisotopic (exact) mass is 320 g/mol. The van der Waals surface area contributed by atoms with Crippen LogP contribution in [0, 0.1) is 0 Å². The molecule has 0 radical (unpaired) electrons. The Morgan fingerprint density at radius 1 is 1.04 bits per heavy atom. The van der Waals surface area contributed by atoms with E-state index in [4.69, 9.17) is 4.74 Å². The Balaban J connectivity index is 1.52. The number of amides is 1. The highest BCUT2D eigenvalue weighted by Gasteiger charge is 2.28. The van der Waals surface area contributed by atoms with Crippen LogP contribution in [0.25, 0.3) is 0 Å². The van der Waals surface area contributed by atoms with Crippen molar-refractivity contribution in [3.05, 3.63) is 72.1 Å². The molecule has 1 aliphatic heterocycles. The minimum Gasteiger partial charge on any atom is -0.472 e. The van der Waals surface area contributed by atoms with Gasteiger partial charge < -0.3 is 4.74 Å². The maximum absolute atomic E-state index is 12.7. The number of carbonyl (C=O) groups excluding carboxylic acids is 1. The summed E-state index contributed by atoms with van der Waals surface area (Å²) in [5.74, 6) is 1.01. The summed E-state index contributed by atoms with van der Waals surface area (Å²) in [6.45, 7) is 1.59. The fourth-order valence-corrected chi connectivity index (χ4v) is 2.70. The number of fused-ring (bicyclic) bond motifs is 1. The molecule has 2 aromatic heterocycles. The van der Waals surface area contributed by atoms with Crippen LogP contribution in [0.5, 0.6) is 5.88 Å². The molecule has 1 aromatic carbocycles. The maximum Gasteiger partial charge on any atom is 0.277 e. The summed E-state index contributed by atoms with van der Waals surface area (Å²) in [4.78, 5) is 18.6. The zero-order chi connectivity index (χ0) is 16.4. The molecule has 0 N–H and O–H groups in total. The Hall–Kier alpha value is -3.15. The highest BCUT2D eigenvalue weighted by atomic mass is 16.5. The van der Waals surface area contributed by atoms with E-state index >= 15 is 0 Å². The Bertz CT molecular complexity index is 846. The van der Waals surface area contributed by atoms with Gasteiger partial charge in [-0.2, -0.15) is 0 Å². The van der Waals surface area contributed by atoms with E-state index in [1.807, 2.05) is 48.5 Å². The third kappa shape index (κ3) is 2.74. The van der Waals surface area contributed by atoms with Gasteiger partial charge in [-0.3, -0.25) is 14.4 Å². The molecule has 1 aliphatic rings. The van der Waals surface area contributed by atoms with Gasteiger partial charge in [0, 0.05) is 18.8 Å². The molecular formula is C18H16N4O2. The van der Waals surface area contributed by atoms with Gasteiger partial charge >= 0.3 is 0 Å². The SMILES string of the molecule is O=C1c2cc(OCc3ccccc3)nn2CCN1c1ccccn1. The van der Waals surface area contributed by atoms with Crippen molar-refractivity contribution in [2.45, 2.75) is 13.2 Å². The Morgan fingerprint density at radius 3 is 2.67 bits per heavy atom. The molecule has 3 heterocycles. The van der Waals surface area contributed by atoms with Gasteiger partial charge in [-0.25, -0.2) is 4.98 Å². The molecule has 0 saturated carbocycles. The number of nitrogens with zero attached hydrogens (tertiary/aromatic N) is 4. The largest absolute Gasteiger partial charge is 0.472 e. The van der Waals surface area contributed by atoms with Crippen LogP contribution >= 0.6 is 0 Å². The van der Waals surface area contributed by atoms with Crippen LogP contribution in [-0.2, 0) is 13.2 Å². The summed E-state index contributed by atoms with van der Waals surface area (Å²) in [5, 5.41) is 4.37. The quantitative estimate of drug-likeness (QED) is 0.741. The molecule has 1 amide bonds. The van der Waals surface area contributed by atoms with Gasteiger partial charge in [0.05, 0.1) is 6.54 Å². The first kappa shape index (κ1) is 14.4. The first-order valence-corrected chi connectivity index (χ1v) is 7.79. The zero-order valence-electron chi connectivity index (χ0n) is 13.0. The number of aromatic nitrogens is 3. The number of hydrogen-bond acceptors (Lipinski definition) is 4. The van der Waals surface area contributed by atoms with Gasteiger partial charge in [-0.05, 0) is 17.7 Å². The van der Waals surface area contributed by atoms with Crippen molar-refractivity contribution >= 4 is 11.7 Å². The number of carbonyl (C=O) groups is 1. The van der Waals surface area contributed by atoms with Crippen molar-refractivity contribution in [3.8, 4) is 5.88 Å². The van der Waals surface area contributed by atoms with Gasteiger partial charge in [-0.1, -0.05) is 36.4 Å². The number of anilines is 1. The van der Waals surface area contributed by atoms with Crippen molar-refractivity contribution in [2.24, 2.45) is 0 Å².